The second-order valence-electron chi connectivity index (χ2n) is 6.33. The fraction of sp³-hybridized carbons (Fsp3) is 0.444. The van der Waals surface area contributed by atoms with Crippen molar-refractivity contribution in [1.29, 1.82) is 0 Å². The number of fused-ring (bicyclic) bond motifs is 1. The number of benzene rings is 1. The molecule has 1 aromatic heterocycles. The van der Waals surface area contributed by atoms with Gasteiger partial charge in [0.15, 0.2) is 11.5 Å². The highest BCUT2D eigenvalue weighted by atomic mass is 16.5. The van der Waals surface area contributed by atoms with Crippen LogP contribution in [0.4, 0.5) is 0 Å². The number of carbonyl (C=O) groups is 1. The highest BCUT2D eigenvalue weighted by Crippen LogP contribution is 2.39. The van der Waals surface area contributed by atoms with Gasteiger partial charge in [0.05, 0.1) is 20.3 Å². The van der Waals surface area contributed by atoms with Crippen LogP contribution in [-0.4, -0.2) is 30.3 Å². The summed E-state index contributed by atoms with van der Waals surface area (Å²) in [6, 6.07) is 5.72. The summed E-state index contributed by atoms with van der Waals surface area (Å²) in [7, 11) is 3.24. The first-order valence-electron chi connectivity index (χ1n) is 8.14. The van der Waals surface area contributed by atoms with E-state index in [2.05, 4.69) is 29.4 Å². The van der Waals surface area contributed by atoms with Gasteiger partial charge in [0, 0.05) is 5.69 Å². The molecule has 1 aliphatic carbocycles. The number of aromatic amines is 1. The summed E-state index contributed by atoms with van der Waals surface area (Å²) in [5.74, 6) is 1.55. The summed E-state index contributed by atoms with van der Waals surface area (Å²) in [6.07, 6.45) is 1.76. The lowest BCUT2D eigenvalue weighted by Gasteiger charge is -2.15. The molecular formula is C18H23N3O3. The molecule has 0 spiro atoms. The number of aromatic nitrogens is 2. The van der Waals surface area contributed by atoms with E-state index in [9.17, 15) is 4.79 Å². The first-order chi connectivity index (χ1) is 11.5. The number of ether oxygens (including phenoxy) is 2. The van der Waals surface area contributed by atoms with Crippen LogP contribution in [0.1, 0.15) is 59.5 Å². The Morgan fingerprint density at radius 3 is 2.58 bits per heavy atom. The SMILES string of the molecule is COc1cc2c(cc1OC)C(NC(=O)c1cc(C(C)C)[nH]n1)CC2. The molecule has 1 heterocycles. The third-order valence-electron chi connectivity index (χ3n) is 4.48. The maximum absolute atomic E-state index is 12.5. The molecule has 6 heteroatoms. The van der Waals surface area contributed by atoms with Gasteiger partial charge < -0.3 is 14.8 Å². The van der Waals surface area contributed by atoms with E-state index in [0.717, 1.165) is 29.8 Å². The van der Waals surface area contributed by atoms with Gasteiger partial charge in [-0.25, -0.2) is 0 Å². The topological polar surface area (TPSA) is 76.2 Å². The highest BCUT2D eigenvalue weighted by Gasteiger charge is 2.27. The van der Waals surface area contributed by atoms with Crippen molar-refractivity contribution in [2.75, 3.05) is 14.2 Å². The molecule has 2 N–H and O–H groups in total. The lowest BCUT2D eigenvalue weighted by Crippen LogP contribution is -2.27. The molecule has 0 radical (unpaired) electrons. The molecule has 1 unspecified atom stereocenters. The third kappa shape index (κ3) is 2.96. The number of methoxy groups -OCH3 is 2. The fourth-order valence-corrected chi connectivity index (χ4v) is 3.06. The molecule has 1 amide bonds. The summed E-state index contributed by atoms with van der Waals surface area (Å²) in [4.78, 5) is 12.5. The molecule has 0 saturated heterocycles. The Morgan fingerprint density at radius 2 is 1.96 bits per heavy atom. The molecule has 0 aliphatic heterocycles. The third-order valence-corrected chi connectivity index (χ3v) is 4.48. The van der Waals surface area contributed by atoms with Crippen LogP contribution >= 0.6 is 0 Å². The van der Waals surface area contributed by atoms with Crippen LogP contribution in [0.3, 0.4) is 0 Å². The predicted molar refractivity (Wildman–Crippen MR) is 90.8 cm³/mol. The van der Waals surface area contributed by atoms with Gasteiger partial charge in [0.25, 0.3) is 5.91 Å². The molecule has 1 aromatic carbocycles. The maximum atomic E-state index is 12.5. The van der Waals surface area contributed by atoms with Crippen molar-refractivity contribution in [2.24, 2.45) is 0 Å². The van der Waals surface area contributed by atoms with Crippen LogP contribution in [0.5, 0.6) is 11.5 Å². The van der Waals surface area contributed by atoms with E-state index in [4.69, 9.17) is 9.47 Å². The second-order valence-corrected chi connectivity index (χ2v) is 6.33. The molecule has 3 rings (SSSR count). The van der Waals surface area contributed by atoms with Gasteiger partial charge in [-0.1, -0.05) is 13.8 Å². The van der Waals surface area contributed by atoms with Crippen LogP contribution in [0.25, 0.3) is 0 Å². The Hall–Kier alpha value is -2.50. The number of nitrogens with one attached hydrogen (secondary N) is 2. The molecule has 1 atom stereocenters. The Labute approximate surface area is 141 Å². The number of hydrogen-bond acceptors (Lipinski definition) is 4. The Kier molecular flexibility index (Phi) is 4.46. The fourth-order valence-electron chi connectivity index (χ4n) is 3.06. The lowest BCUT2D eigenvalue weighted by molar-refractivity contribution is 0.0931. The van der Waals surface area contributed by atoms with Crippen LogP contribution in [0.2, 0.25) is 0 Å². The molecule has 128 valence electrons. The van der Waals surface area contributed by atoms with Crippen molar-refractivity contribution < 1.29 is 14.3 Å². The number of carbonyl (C=O) groups excluding carboxylic acids is 1. The minimum Gasteiger partial charge on any atom is -0.493 e. The predicted octanol–water partition coefficient (Wildman–Crippen LogP) is 2.97. The van der Waals surface area contributed by atoms with E-state index in [1.807, 2.05) is 18.2 Å². The number of rotatable bonds is 5. The zero-order chi connectivity index (χ0) is 17.3. The van der Waals surface area contributed by atoms with Gasteiger partial charge in [-0.15, -0.1) is 0 Å². The second kappa shape index (κ2) is 6.55. The average molecular weight is 329 g/mol. The Morgan fingerprint density at radius 1 is 1.25 bits per heavy atom. The van der Waals surface area contributed by atoms with Gasteiger partial charge in [0.2, 0.25) is 0 Å². The summed E-state index contributed by atoms with van der Waals surface area (Å²) in [5.41, 5.74) is 3.65. The molecule has 1 aliphatic rings. The van der Waals surface area contributed by atoms with Crippen LogP contribution in [0, 0.1) is 0 Å². The van der Waals surface area contributed by atoms with E-state index in [1.165, 1.54) is 5.56 Å². The normalized spacial score (nSPS) is 16.1. The molecule has 24 heavy (non-hydrogen) atoms. The highest BCUT2D eigenvalue weighted by molar-refractivity contribution is 5.92. The van der Waals surface area contributed by atoms with Gasteiger partial charge in [-0.2, -0.15) is 5.10 Å². The number of aryl methyl sites for hydroxylation is 1. The summed E-state index contributed by atoms with van der Waals surface area (Å²) in [5, 5.41) is 10.1. The van der Waals surface area contributed by atoms with Crippen molar-refractivity contribution in [2.45, 2.75) is 38.6 Å². The first-order valence-corrected chi connectivity index (χ1v) is 8.14. The monoisotopic (exact) mass is 329 g/mol. The number of nitrogens with zero attached hydrogens (tertiary/aromatic N) is 1. The minimum absolute atomic E-state index is 0.0356. The van der Waals surface area contributed by atoms with Gasteiger partial charge in [-0.3, -0.25) is 9.89 Å². The van der Waals surface area contributed by atoms with Crippen LogP contribution in [-0.2, 0) is 6.42 Å². The Bertz CT molecular complexity index is 752. The van der Waals surface area contributed by atoms with E-state index >= 15 is 0 Å². The van der Waals surface area contributed by atoms with E-state index in [1.54, 1.807) is 14.2 Å². The largest absolute Gasteiger partial charge is 0.493 e. The first kappa shape index (κ1) is 16.4. The summed E-state index contributed by atoms with van der Waals surface area (Å²) in [6.45, 7) is 4.12. The zero-order valence-electron chi connectivity index (χ0n) is 14.5. The molecule has 0 saturated carbocycles. The van der Waals surface area contributed by atoms with Crippen LogP contribution in [0.15, 0.2) is 18.2 Å². The van der Waals surface area contributed by atoms with Crippen molar-refractivity contribution in [1.82, 2.24) is 15.5 Å². The summed E-state index contributed by atoms with van der Waals surface area (Å²) >= 11 is 0. The van der Waals surface area contributed by atoms with Crippen LogP contribution < -0.4 is 14.8 Å². The lowest BCUT2D eigenvalue weighted by atomic mass is 10.1. The van der Waals surface area contributed by atoms with E-state index in [0.29, 0.717) is 17.4 Å². The smallest absolute Gasteiger partial charge is 0.272 e. The van der Waals surface area contributed by atoms with Crippen molar-refractivity contribution in [3.05, 3.63) is 40.7 Å². The standard InChI is InChI=1S/C18H23N3O3/c1-10(2)14-9-15(21-20-14)18(22)19-13-6-5-11-7-16(23-3)17(24-4)8-12(11)13/h7-10,13H,5-6H2,1-4H3,(H,19,22)(H,20,21). The minimum atomic E-state index is -0.161. The summed E-state index contributed by atoms with van der Waals surface area (Å²) < 4.78 is 10.7. The molecule has 6 nitrogen and oxygen atoms in total. The molecule has 2 aromatic rings. The van der Waals surface area contributed by atoms with Gasteiger partial charge in [0.1, 0.15) is 5.69 Å². The Balaban J connectivity index is 1.79. The maximum Gasteiger partial charge on any atom is 0.272 e. The molecule has 0 bridgehead atoms. The number of H-pyrrole nitrogens is 1. The van der Waals surface area contributed by atoms with E-state index < -0.39 is 0 Å². The van der Waals surface area contributed by atoms with Crippen molar-refractivity contribution in [3.63, 3.8) is 0 Å². The molecular weight excluding hydrogens is 306 g/mol. The van der Waals surface area contributed by atoms with Crippen molar-refractivity contribution >= 4 is 5.91 Å². The number of hydrogen-bond donors (Lipinski definition) is 2. The number of amides is 1. The quantitative estimate of drug-likeness (QED) is 0.884. The molecule has 0 fully saturated rings. The van der Waals surface area contributed by atoms with E-state index in [-0.39, 0.29) is 11.9 Å². The van der Waals surface area contributed by atoms with Crippen molar-refractivity contribution in [3.8, 4) is 11.5 Å². The van der Waals surface area contributed by atoms with Gasteiger partial charge in [-0.05, 0) is 48.1 Å². The zero-order valence-corrected chi connectivity index (χ0v) is 14.5. The average Bonchev–Trinajstić information content (AvgIpc) is 3.21. The van der Waals surface area contributed by atoms with Gasteiger partial charge >= 0.3 is 0 Å².